The Morgan fingerprint density at radius 2 is 1.82 bits per heavy atom. The van der Waals surface area contributed by atoms with Gasteiger partial charge in [-0.05, 0) is 45.0 Å². The van der Waals surface area contributed by atoms with Crippen LogP contribution in [0, 0.1) is 11.3 Å². The van der Waals surface area contributed by atoms with Crippen LogP contribution in [0.4, 0.5) is 5.69 Å². The minimum Gasteiger partial charge on any atom is -0.351 e. The Morgan fingerprint density at radius 3 is 2.23 bits per heavy atom. The van der Waals surface area contributed by atoms with Gasteiger partial charge in [0.15, 0.2) is 0 Å². The number of nitrogens with one attached hydrogen (secondary N) is 1. The van der Waals surface area contributed by atoms with E-state index in [2.05, 4.69) is 5.32 Å². The molecule has 0 unspecified atom stereocenters. The monoisotopic (exact) mass is 323 g/mol. The Kier molecular flexibility index (Phi) is 5.55. The maximum atomic E-state index is 11.9. The van der Waals surface area contributed by atoms with Crippen molar-refractivity contribution in [3.8, 4) is 6.07 Å². The molecule has 1 aromatic carbocycles. The minimum atomic E-state index is -3.51. The minimum absolute atomic E-state index is 0.0483. The van der Waals surface area contributed by atoms with E-state index >= 15 is 0 Å². The molecule has 1 rings (SSSR count). The number of carbonyl (C=O) groups excluding carboxylic acids is 1. The quantitative estimate of drug-likeness (QED) is 0.891. The molecule has 0 bridgehead atoms. The summed E-state index contributed by atoms with van der Waals surface area (Å²) in [6, 6.07) is 8.18. The van der Waals surface area contributed by atoms with Gasteiger partial charge in [-0.25, -0.2) is 8.42 Å². The zero-order valence-corrected chi connectivity index (χ0v) is 14.1. The van der Waals surface area contributed by atoms with E-state index in [1.54, 1.807) is 24.3 Å². The lowest BCUT2D eigenvalue weighted by Crippen LogP contribution is -2.42. The van der Waals surface area contributed by atoms with Crippen LogP contribution in [-0.4, -0.2) is 32.7 Å². The number of carbonyl (C=O) groups is 1. The summed E-state index contributed by atoms with van der Waals surface area (Å²) < 4.78 is 25.0. The fourth-order valence-electron chi connectivity index (χ4n) is 1.87. The van der Waals surface area contributed by atoms with Gasteiger partial charge in [0.25, 0.3) is 0 Å². The zero-order chi connectivity index (χ0) is 17.0. The van der Waals surface area contributed by atoms with Gasteiger partial charge in [-0.2, -0.15) is 5.26 Å². The molecule has 0 spiro atoms. The first kappa shape index (κ1) is 18.0. The molecule has 0 aliphatic heterocycles. The molecule has 0 saturated heterocycles. The Labute approximate surface area is 131 Å². The Bertz CT molecular complexity index is 667. The van der Waals surface area contributed by atoms with Gasteiger partial charge in [-0.3, -0.25) is 9.10 Å². The average Bonchev–Trinajstić information content (AvgIpc) is 2.36. The van der Waals surface area contributed by atoms with Crippen LogP contribution in [0.25, 0.3) is 0 Å². The standard InChI is InChI=1S/C15H21N3O3S/c1-15(2,3)17-14(19)9-10-18(22(4,20)21)13-7-5-12(11-16)6-8-13/h5-8H,9-10H2,1-4H3,(H,17,19). The van der Waals surface area contributed by atoms with Gasteiger partial charge in [0.1, 0.15) is 0 Å². The van der Waals surface area contributed by atoms with E-state index in [1.807, 2.05) is 26.8 Å². The third-order valence-corrected chi connectivity index (χ3v) is 3.94. The molecule has 1 aromatic rings. The molecule has 7 heteroatoms. The molecule has 0 atom stereocenters. The predicted molar refractivity (Wildman–Crippen MR) is 85.9 cm³/mol. The van der Waals surface area contributed by atoms with Crippen LogP contribution in [-0.2, 0) is 14.8 Å². The van der Waals surface area contributed by atoms with Crippen molar-refractivity contribution in [2.24, 2.45) is 0 Å². The van der Waals surface area contributed by atoms with Crippen molar-refractivity contribution < 1.29 is 13.2 Å². The highest BCUT2D eigenvalue weighted by Gasteiger charge is 2.20. The summed E-state index contributed by atoms with van der Waals surface area (Å²) in [5.41, 5.74) is 0.522. The first-order valence-corrected chi connectivity index (χ1v) is 8.66. The van der Waals surface area contributed by atoms with Gasteiger partial charge in [0.2, 0.25) is 15.9 Å². The zero-order valence-electron chi connectivity index (χ0n) is 13.3. The molecule has 0 aliphatic rings. The smallest absolute Gasteiger partial charge is 0.232 e. The third kappa shape index (κ3) is 5.74. The molecular formula is C15H21N3O3S. The van der Waals surface area contributed by atoms with E-state index in [1.165, 1.54) is 0 Å². The molecule has 0 aliphatic carbocycles. The van der Waals surface area contributed by atoms with E-state index in [0.717, 1.165) is 10.6 Å². The van der Waals surface area contributed by atoms with E-state index in [9.17, 15) is 13.2 Å². The highest BCUT2D eigenvalue weighted by molar-refractivity contribution is 7.92. The van der Waals surface area contributed by atoms with Gasteiger partial charge < -0.3 is 5.32 Å². The SMILES string of the molecule is CC(C)(C)NC(=O)CCN(c1ccc(C#N)cc1)S(C)(=O)=O. The second-order valence-corrected chi connectivity index (χ2v) is 7.95. The lowest BCUT2D eigenvalue weighted by atomic mass is 10.1. The number of sulfonamides is 1. The van der Waals surface area contributed by atoms with Crippen molar-refractivity contribution in [1.82, 2.24) is 5.32 Å². The fourth-order valence-corrected chi connectivity index (χ4v) is 2.80. The van der Waals surface area contributed by atoms with Crippen LogP contribution in [0.2, 0.25) is 0 Å². The summed E-state index contributed by atoms with van der Waals surface area (Å²) in [7, 11) is -3.51. The molecule has 0 aromatic heterocycles. The fraction of sp³-hybridized carbons (Fsp3) is 0.467. The number of amides is 1. The first-order chi connectivity index (χ1) is 10.0. The van der Waals surface area contributed by atoms with Crippen molar-refractivity contribution in [3.63, 3.8) is 0 Å². The second-order valence-electron chi connectivity index (χ2n) is 6.04. The van der Waals surface area contributed by atoms with Gasteiger partial charge in [-0.1, -0.05) is 0 Å². The Hall–Kier alpha value is -2.07. The topological polar surface area (TPSA) is 90.3 Å². The summed E-state index contributed by atoms with van der Waals surface area (Å²) in [6.07, 6.45) is 1.15. The van der Waals surface area contributed by atoms with Crippen LogP contribution in [0.3, 0.4) is 0 Å². The molecule has 0 heterocycles. The summed E-state index contributed by atoms with van der Waals surface area (Å²) >= 11 is 0. The van der Waals surface area contributed by atoms with Crippen molar-refractivity contribution in [2.45, 2.75) is 32.7 Å². The van der Waals surface area contributed by atoms with Crippen LogP contribution >= 0.6 is 0 Å². The molecule has 6 nitrogen and oxygen atoms in total. The van der Waals surface area contributed by atoms with Crippen molar-refractivity contribution in [1.29, 1.82) is 5.26 Å². The molecule has 1 amide bonds. The number of nitriles is 1. The van der Waals surface area contributed by atoms with Crippen LogP contribution in [0.15, 0.2) is 24.3 Å². The summed E-state index contributed by atoms with van der Waals surface area (Å²) in [5.74, 6) is -0.213. The number of hydrogen-bond donors (Lipinski definition) is 1. The summed E-state index contributed by atoms with van der Waals surface area (Å²) in [6.45, 7) is 5.63. The largest absolute Gasteiger partial charge is 0.351 e. The van der Waals surface area contributed by atoms with Crippen molar-refractivity contribution >= 4 is 21.6 Å². The highest BCUT2D eigenvalue weighted by Crippen LogP contribution is 2.18. The van der Waals surface area contributed by atoms with Crippen LogP contribution in [0.1, 0.15) is 32.8 Å². The van der Waals surface area contributed by atoms with Gasteiger partial charge in [0.05, 0.1) is 23.6 Å². The normalized spacial score (nSPS) is 11.6. The lowest BCUT2D eigenvalue weighted by molar-refractivity contribution is -0.122. The van der Waals surface area contributed by atoms with E-state index in [-0.39, 0.29) is 24.4 Å². The van der Waals surface area contributed by atoms with E-state index < -0.39 is 10.0 Å². The number of benzene rings is 1. The molecule has 120 valence electrons. The second kappa shape index (κ2) is 6.79. The van der Waals surface area contributed by atoms with Gasteiger partial charge >= 0.3 is 0 Å². The highest BCUT2D eigenvalue weighted by atomic mass is 32.2. The maximum absolute atomic E-state index is 11.9. The maximum Gasteiger partial charge on any atom is 0.232 e. The Balaban J connectivity index is 2.87. The number of nitrogens with zero attached hydrogens (tertiary/aromatic N) is 2. The van der Waals surface area contributed by atoms with Crippen LogP contribution in [0.5, 0.6) is 0 Å². The van der Waals surface area contributed by atoms with Crippen molar-refractivity contribution in [2.75, 3.05) is 17.1 Å². The van der Waals surface area contributed by atoms with Crippen molar-refractivity contribution in [3.05, 3.63) is 29.8 Å². The number of anilines is 1. The lowest BCUT2D eigenvalue weighted by Gasteiger charge is -2.24. The summed E-state index contributed by atoms with van der Waals surface area (Å²) in [5, 5.41) is 11.6. The third-order valence-electron chi connectivity index (χ3n) is 2.74. The molecule has 1 N–H and O–H groups in total. The van der Waals surface area contributed by atoms with E-state index in [4.69, 9.17) is 5.26 Å². The molecule has 22 heavy (non-hydrogen) atoms. The summed E-state index contributed by atoms with van der Waals surface area (Å²) in [4.78, 5) is 11.8. The first-order valence-electron chi connectivity index (χ1n) is 6.82. The molecular weight excluding hydrogens is 302 g/mol. The number of hydrogen-bond acceptors (Lipinski definition) is 4. The Morgan fingerprint density at radius 1 is 1.27 bits per heavy atom. The van der Waals surface area contributed by atoms with Gasteiger partial charge in [-0.15, -0.1) is 0 Å². The van der Waals surface area contributed by atoms with Gasteiger partial charge in [0, 0.05) is 18.5 Å². The van der Waals surface area contributed by atoms with Crippen LogP contribution < -0.4 is 9.62 Å². The number of rotatable bonds is 5. The molecule has 0 saturated carbocycles. The average molecular weight is 323 g/mol. The van der Waals surface area contributed by atoms with E-state index in [0.29, 0.717) is 11.3 Å². The predicted octanol–water partition coefficient (Wildman–Crippen LogP) is 1.63. The molecule has 0 fully saturated rings. The molecule has 0 radical (unpaired) electrons.